The number of hydrogen-bond acceptors (Lipinski definition) is 5. The molecule has 0 aliphatic carbocycles. The summed E-state index contributed by atoms with van der Waals surface area (Å²) in [6, 6.07) is 11.6. The number of aromatic nitrogens is 2. The van der Waals surface area contributed by atoms with E-state index in [1.165, 1.54) is 10.5 Å². The number of rotatable bonds is 4. The number of carbonyl (C=O) groups is 1. The maximum atomic E-state index is 12.1. The predicted molar refractivity (Wildman–Crippen MR) is 88.3 cm³/mol. The number of ether oxygens (including phenoxy) is 2. The fraction of sp³-hybridized carbons (Fsp3) is 0.167. The average molecular weight is 324 g/mol. The summed E-state index contributed by atoms with van der Waals surface area (Å²) in [6.07, 6.45) is 1.72. The van der Waals surface area contributed by atoms with E-state index in [0.29, 0.717) is 22.7 Å². The van der Waals surface area contributed by atoms with E-state index in [1.807, 2.05) is 13.0 Å². The Bertz CT molecular complexity index is 945. The van der Waals surface area contributed by atoms with E-state index >= 15 is 0 Å². The first kappa shape index (κ1) is 15.7. The normalized spacial score (nSPS) is 10.6. The SMILES string of the molecule is COc1ccc(C(=O)OCc2cc(=O)n3cc(C)ccc3n2)cc1. The fourth-order valence-electron chi connectivity index (χ4n) is 2.28. The Balaban J connectivity index is 1.76. The molecule has 6 heteroatoms. The smallest absolute Gasteiger partial charge is 0.338 e. The lowest BCUT2D eigenvalue weighted by molar-refractivity contribution is 0.0467. The van der Waals surface area contributed by atoms with Gasteiger partial charge in [0, 0.05) is 12.3 Å². The maximum Gasteiger partial charge on any atom is 0.338 e. The number of hydrogen-bond donors (Lipinski definition) is 0. The average Bonchev–Trinajstić information content (AvgIpc) is 2.60. The molecule has 0 unspecified atom stereocenters. The van der Waals surface area contributed by atoms with Gasteiger partial charge in [0.2, 0.25) is 0 Å². The van der Waals surface area contributed by atoms with Crippen LogP contribution in [0.2, 0.25) is 0 Å². The minimum absolute atomic E-state index is 0.0650. The first-order valence-electron chi connectivity index (χ1n) is 7.37. The molecular formula is C18H16N2O4. The summed E-state index contributed by atoms with van der Waals surface area (Å²) in [5, 5.41) is 0. The van der Waals surface area contributed by atoms with Crippen molar-refractivity contribution in [1.82, 2.24) is 9.38 Å². The molecule has 0 saturated carbocycles. The summed E-state index contributed by atoms with van der Waals surface area (Å²) in [7, 11) is 1.55. The molecule has 0 radical (unpaired) electrons. The Hall–Kier alpha value is -3.15. The van der Waals surface area contributed by atoms with Gasteiger partial charge in [0.05, 0.1) is 18.4 Å². The molecule has 0 spiro atoms. The number of carbonyl (C=O) groups excluding carboxylic acids is 1. The van der Waals surface area contributed by atoms with E-state index < -0.39 is 5.97 Å². The van der Waals surface area contributed by atoms with Crippen LogP contribution in [0.1, 0.15) is 21.6 Å². The summed E-state index contributed by atoms with van der Waals surface area (Å²) in [5.74, 6) is 0.176. The number of esters is 1. The van der Waals surface area contributed by atoms with Crippen LogP contribution in [0.5, 0.6) is 5.75 Å². The van der Waals surface area contributed by atoms with Crippen LogP contribution < -0.4 is 10.3 Å². The quantitative estimate of drug-likeness (QED) is 0.689. The second-order valence-electron chi connectivity index (χ2n) is 5.33. The van der Waals surface area contributed by atoms with Crippen LogP contribution in [0.25, 0.3) is 5.65 Å². The van der Waals surface area contributed by atoms with Gasteiger partial charge in [0.25, 0.3) is 5.56 Å². The summed E-state index contributed by atoms with van der Waals surface area (Å²) in [5.41, 5.74) is 2.09. The van der Waals surface area contributed by atoms with E-state index in [9.17, 15) is 9.59 Å². The van der Waals surface area contributed by atoms with Crippen molar-refractivity contribution in [3.05, 3.63) is 75.8 Å². The largest absolute Gasteiger partial charge is 0.497 e. The predicted octanol–water partition coefficient (Wildman–Crippen LogP) is 2.37. The second kappa shape index (κ2) is 6.54. The Morgan fingerprint density at radius 1 is 1.17 bits per heavy atom. The fourth-order valence-corrected chi connectivity index (χ4v) is 2.28. The highest BCUT2D eigenvalue weighted by Crippen LogP contribution is 2.12. The maximum absolute atomic E-state index is 12.1. The van der Waals surface area contributed by atoms with Gasteiger partial charge in [-0.05, 0) is 42.8 Å². The van der Waals surface area contributed by atoms with Gasteiger partial charge in [-0.3, -0.25) is 9.20 Å². The molecule has 0 bridgehead atoms. The lowest BCUT2D eigenvalue weighted by Gasteiger charge is -2.07. The van der Waals surface area contributed by atoms with Gasteiger partial charge in [-0.1, -0.05) is 6.07 Å². The number of aryl methyl sites for hydroxylation is 1. The topological polar surface area (TPSA) is 69.9 Å². The monoisotopic (exact) mass is 324 g/mol. The van der Waals surface area contributed by atoms with Gasteiger partial charge in [0.15, 0.2) is 0 Å². The van der Waals surface area contributed by atoms with Crippen molar-refractivity contribution in [2.45, 2.75) is 13.5 Å². The number of benzene rings is 1. The zero-order valence-electron chi connectivity index (χ0n) is 13.4. The molecule has 0 aliphatic rings. The molecule has 0 N–H and O–H groups in total. The molecule has 0 aliphatic heterocycles. The molecule has 0 saturated heterocycles. The highest BCUT2D eigenvalue weighted by Gasteiger charge is 2.09. The van der Waals surface area contributed by atoms with Crippen molar-refractivity contribution in [2.75, 3.05) is 7.11 Å². The number of methoxy groups -OCH3 is 1. The second-order valence-corrected chi connectivity index (χ2v) is 5.33. The Morgan fingerprint density at radius 3 is 2.62 bits per heavy atom. The van der Waals surface area contributed by atoms with Gasteiger partial charge >= 0.3 is 5.97 Å². The highest BCUT2D eigenvalue weighted by atomic mass is 16.5. The van der Waals surface area contributed by atoms with Crippen LogP contribution in [0.3, 0.4) is 0 Å². The highest BCUT2D eigenvalue weighted by molar-refractivity contribution is 5.89. The molecule has 2 aromatic heterocycles. The van der Waals surface area contributed by atoms with Gasteiger partial charge in [-0.25, -0.2) is 9.78 Å². The van der Waals surface area contributed by atoms with Crippen molar-refractivity contribution in [3.63, 3.8) is 0 Å². The molecule has 0 fully saturated rings. The minimum Gasteiger partial charge on any atom is -0.497 e. The van der Waals surface area contributed by atoms with Crippen LogP contribution in [0, 0.1) is 6.92 Å². The minimum atomic E-state index is -0.483. The van der Waals surface area contributed by atoms with Crippen molar-refractivity contribution in [2.24, 2.45) is 0 Å². The van der Waals surface area contributed by atoms with Crippen molar-refractivity contribution in [3.8, 4) is 5.75 Å². The summed E-state index contributed by atoms with van der Waals surface area (Å²) >= 11 is 0. The molecule has 24 heavy (non-hydrogen) atoms. The number of fused-ring (bicyclic) bond motifs is 1. The first-order valence-corrected chi connectivity index (χ1v) is 7.37. The standard InChI is InChI=1S/C18H16N2O4/c1-12-3-8-16-19-14(9-17(21)20(16)10-12)11-24-18(22)13-4-6-15(23-2)7-5-13/h3-10H,11H2,1-2H3. The Kier molecular flexibility index (Phi) is 4.29. The third-order valence-electron chi connectivity index (χ3n) is 3.54. The van der Waals surface area contributed by atoms with E-state index in [2.05, 4.69) is 4.98 Å². The van der Waals surface area contributed by atoms with Crippen LogP contribution in [-0.2, 0) is 11.3 Å². The zero-order valence-corrected chi connectivity index (χ0v) is 13.4. The summed E-state index contributed by atoms with van der Waals surface area (Å²) in [6.45, 7) is 1.83. The van der Waals surface area contributed by atoms with Gasteiger partial charge in [-0.2, -0.15) is 0 Å². The lowest BCUT2D eigenvalue weighted by atomic mass is 10.2. The van der Waals surface area contributed by atoms with Crippen molar-refractivity contribution in [1.29, 1.82) is 0 Å². The van der Waals surface area contributed by atoms with Crippen molar-refractivity contribution >= 4 is 11.6 Å². The first-order chi connectivity index (χ1) is 11.6. The zero-order chi connectivity index (χ0) is 17.1. The van der Waals surface area contributed by atoms with Gasteiger partial charge in [-0.15, -0.1) is 0 Å². The lowest BCUT2D eigenvalue weighted by Crippen LogP contribution is -2.16. The molecule has 3 aromatic rings. The van der Waals surface area contributed by atoms with E-state index in [0.717, 1.165) is 5.56 Å². The van der Waals surface area contributed by atoms with Crippen LogP contribution in [-0.4, -0.2) is 22.5 Å². The van der Waals surface area contributed by atoms with Crippen LogP contribution in [0.15, 0.2) is 53.5 Å². The summed E-state index contributed by atoms with van der Waals surface area (Å²) in [4.78, 5) is 28.5. The molecule has 1 aromatic carbocycles. The molecule has 122 valence electrons. The van der Waals surface area contributed by atoms with E-state index in [4.69, 9.17) is 9.47 Å². The molecule has 2 heterocycles. The van der Waals surface area contributed by atoms with E-state index in [-0.39, 0.29) is 12.2 Å². The third-order valence-corrected chi connectivity index (χ3v) is 3.54. The third kappa shape index (κ3) is 3.27. The van der Waals surface area contributed by atoms with Crippen LogP contribution >= 0.6 is 0 Å². The van der Waals surface area contributed by atoms with Gasteiger partial charge in [0.1, 0.15) is 18.0 Å². The molecule has 3 rings (SSSR count). The van der Waals surface area contributed by atoms with Gasteiger partial charge < -0.3 is 9.47 Å². The molecule has 0 amide bonds. The summed E-state index contributed by atoms with van der Waals surface area (Å²) < 4.78 is 11.7. The number of pyridine rings is 1. The number of nitrogens with zero attached hydrogens (tertiary/aromatic N) is 2. The molecule has 6 nitrogen and oxygen atoms in total. The molecule has 0 atom stereocenters. The van der Waals surface area contributed by atoms with Crippen molar-refractivity contribution < 1.29 is 14.3 Å². The van der Waals surface area contributed by atoms with E-state index in [1.54, 1.807) is 43.6 Å². The molecular weight excluding hydrogens is 308 g/mol. The Morgan fingerprint density at radius 2 is 1.92 bits per heavy atom. The Labute approximate surface area is 138 Å². The van der Waals surface area contributed by atoms with Crippen LogP contribution in [0.4, 0.5) is 0 Å².